The molecule has 8 heteroatoms. The van der Waals surface area contributed by atoms with E-state index in [2.05, 4.69) is 5.32 Å². The average Bonchev–Trinajstić information content (AvgIpc) is 2.94. The Bertz CT molecular complexity index is 916. The third-order valence-electron chi connectivity index (χ3n) is 4.15. The summed E-state index contributed by atoms with van der Waals surface area (Å²) in [5, 5.41) is 3.35. The van der Waals surface area contributed by atoms with Gasteiger partial charge in [0.25, 0.3) is 0 Å². The van der Waals surface area contributed by atoms with Crippen LogP contribution in [0.15, 0.2) is 42.5 Å². The van der Waals surface area contributed by atoms with E-state index in [4.69, 9.17) is 27.9 Å². The molecule has 0 saturated heterocycles. The maximum Gasteiger partial charge on any atom is 0.339 e. The highest BCUT2D eigenvalue weighted by atomic mass is 35.5. The van der Waals surface area contributed by atoms with Crippen LogP contribution in [0.1, 0.15) is 28.4 Å². The van der Waals surface area contributed by atoms with Crippen molar-refractivity contribution < 1.29 is 19.1 Å². The first-order valence-corrected chi connectivity index (χ1v) is 8.89. The van der Waals surface area contributed by atoms with Crippen LogP contribution in [0.4, 0.5) is 5.69 Å². The number of esters is 1. The Hall–Kier alpha value is -2.57. The molecule has 0 spiro atoms. The molecule has 0 saturated carbocycles. The minimum Gasteiger partial charge on any atom is -0.453 e. The number of amides is 2. The molecule has 0 aromatic heterocycles. The number of nitrogens with zero attached hydrogens (tertiary/aromatic N) is 1. The van der Waals surface area contributed by atoms with Crippen LogP contribution in [0.2, 0.25) is 10.0 Å². The average molecular weight is 407 g/mol. The highest BCUT2D eigenvalue weighted by Crippen LogP contribution is 2.33. The number of ether oxygens (including phenoxy) is 1. The number of carbonyl (C=O) groups excluding carboxylic acids is 3. The van der Waals surface area contributed by atoms with Crippen LogP contribution in [-0.4, -0.2) is 36.3 Å². The Morgan fingerprint density at radius 1 is 1.15 bits per heavy atom. The lowest BCUT2D eigenvalue weighted by Crippen LogP contribution is -2.35. The van der Waals surface area contributed by atoms with Gasteiger partial charge in [0, 0.05) is 18.3 Å². The van der Waals surface area contributed by atoms with Gasteiger partial charge in [0.05, 0.1) is 28.6 Å². The van der Waals surface area contributed by atoms with Gasteiger partial charge in [-0.1, -0.05) is 41.4 Å². The van der Waals surface area contributed by atoms with Crippen LogP contribution >= 0.6 is 23.2 Å². The number of likely N-dealkylation sites (N-methyl/N-ethyl adjacent to an activating group) is 1. The van der Waals surface area contributed by atoms with Gasteiger partial charge in [-0.15, -0.1) is 0 Å². The molecule has 2 aromatic rings. The summed E-state index contributed by atoms with van der Waals surface area (Å²) in [6.45, 7) is -0.151. The van der Waals surface area contributed by atoms with Crippen molar-refractivity contribution in [1.82, 2.24) is 4.90 Å². The summed E-state index contributed by atoms with van der Waals surface area (Å²) in [5.41, 5.74) is 1.63. The zero-order valence-electron chi connectivity index (χ0n) is 14.4. The molecule has 0 fully saturated rings. The van der Waals surface area contributed by atoms with Crippen LogP contribution in [0.3, 0.4) is 0 Å². The smallest absolute Gasteiger partial charge is 0.339 e. The minimum atomic E-state index is -0.637. The predicted octanol–water partition coefficient (Wildman–Crippen LogP) is 3.69. The van der Waals surface area contributed by atoms with E-state index >= 15 is 0 Å². The van der Waals surface area contributed by atoms with Gasteiger partial charge >= 0.3 is 5.97 Å². The molecule has 1 aliphatic heterocycles. The summed E-state index contributed by atoms with van der Waals surface area (Å²) in [5.74, 6) is -1.13. The van der Waals surface area contributed by atoms with Crippen LogP contribution in [0.25, 0.3) is 0 Å². The summed E-state index contributed by atoms with van der Waals surface area (Å²) in [6, 6.07) is 11.7. The van der Waals surface area contributed by atoms with Crippen molar-refractivity contribution in [3.63, 3.8) is 0 Å². The molecule has 2 aromatic carbocycles. The number of anilines is 1. The molecule has 3 rings (SSSR count). The molecule has 140 valence electrons. The molecule has 0 unspecified atom stereocenters. The highest BCUT2D eigenvalue weighted by molar-refractivity contribution is 6.42. The zero-order chi connectivity index (χ0) is 19.6. The molecule has 0 radical (unpaired) electrons. The Balaban J connectivity index is 1.57. The number of carbonyl (C=O) groups is 3. The molecule has 0 bridgehead atoms. The van der Waals surface area contributed by atoms with E-state index in [-0.39, 0.29) is 24.8 Å². The number of hydrogen-bond donors (Lipinski definition) is 1. The molecule has 1 atom stereocenters. The third kappa shape index (κ3) is 4.40. The summed E-state index contributed by atoms with van der Waals surface area (Å²) >= 11 is 11.7. The number of hydrogen-bond acceptors (Lipinski definition) is 4. The maximum atomic E-state index is 12.4. The van der Waals surface area contributed by atoms with Crippen molar-refractivity contribution >= 4 is 46.7 Å². The largest absolute Gasteiger partial charge is 0.453 e. The lowest BCUT2D eigenvalue weighted by atomic mass is 10.0. The van der Waals surface area contributed by atoms with Crippen molar-refractivity contribution in [3.05, 3.63) is 63.6 Å². The molecular formula is C19H16Cl2N2O4. The maximum absolute atomic E-state index is 12.4. The molecule has 6 nitrogen and oxygen atoms in total. The predicted molar refractivity (Wildman–Crippen MR) is 102 cm³/mol. The Morgan fingerprint density at radius 3 is 2.63 bits per heavy atom. The second-order valence-electron chi connectivity index (χ2n) is 6.11. The Labute approximate surface area is 166 Å². The van der Waals surface area contributed by atoms with Gasteiger partial charge in [0.1, 0.15) is 6.10 Å². The number of nitrogens with one attached hydrogen (secondary N) is 1. The number of cyclic esters (lactones) is 1. The first-order valence-electron chi connectivity index (χ1n) is 8.14. The quantitative estimate of drug-likeness (QED) is 0.768. The van der Waals surface area contributed by atoms with E-state index in [9.17, 15) is 14.4 Å². The van der Waals surface area contributed by atoms with Gasteiger partial charge in [0.15, 0.2) is 0 Å². The first kappa shape index (κ1) is 19.2. The van der Waals surface area contributed by atoms with Crippen LogP contribution in [-0.2, 0) is 14.3 Å². The second kappa shape index (κ2) is 7.98. The zero-order valence-corrected chi connectivity index (χ0v) is 15.9. The van der Waals surface area contributed by atoms with E-state index in [1.165, 1.54) is 18.0 Å². The monoisotopic (exact) mass is 406 g/mol. The first-order chi connectivity index (χ1) is 12.8. The number of benzene rings is 2. The van der Waals surface area contributed by atoms with E-state index < -0.39 is 12.1 Å². The van der Waals surface area contributed by atoms with E-state index in [0.717, 1.165) is 0 Å². The van der Waals surface area contributed by atoms with Crippen molar-refractivity contribution in [3.8, 4) is 0 Å². The lowest BCUT2D eigenvalue weighted by Gasteiger charge is -2.19. The Morgan fingerprint density at radius 2 is 1.89 bits per heavy atom. The van der Waals surface area contributed by atoms with Gasteiger partial charge < -0.3 is 15.0 Å². The summed E-state index contributed by atoms with van der Waals surface area (Å²) in [6.07, 6.45) is -0.666. The van der Waals surface area contributed by atoms with E-state index in [0.29, 0.717) is 26.9 Å². The highest BCUT2D eigenvalue weighted by Gasteiger charge is 2.32. The summed E-state index contributed by atoms with van der Waals surface area (Å²) in [7, 11) is 1.51. The van der Waals surface area contributed by atoms with Crippen LogP contribution in [0, 0.1) is 0 Å². The standard InChI is InChI=1S/C19H16Cl2N2O4/c1-23(10-17(24)22-11-6-7-14(20)15(21)8-11)18(25)9-16-12-4-2-3-5-13(12)19(26)27-16/h2-8,16H,9-10H2,1H3,(H,22,24)/t16-/m0/s1. The van der Waals surface area contributed by atoms with E-state index in [1.54, 1.807) is 36.4 Å². The number of rotatable bonds is 5. The molecule has 27 heavy (non-hydrogen) atoms. The molecule has 0 aliphatic carbocycles. The van der Waals surface area contributed by atoms with Crippen molar-refractivity contribution in [2.75, 3.05) is 18.9 Å². The van der Waals surface area contributed by atoms with Crippen LogP contribution in [0.5, 0.6) is 0 Å². The van der Waals surface area contributed by atoms with Crippen molar-refractivity contribution in [1.29, 1.82) is 0 Å². The Kier molecular flexibility index (Phi) is 5.68. The van der Waals surface area contributed by atoms with Gasteiger partial charge in [-0.25, -0.2) is 4.79 Å². The normalized spacial score (nSPS) is 15.1. The summed E-state index contributed by atoms with van der Waals surface area (Å²) in [4.78, 5) is 37.7. The molecule has 1 heterocycles. The molecule has 2 amide bonds. The lowest BCUT2D eigenvalue weighted by molar-refractivity contribution is -0.135. The second-order valence-corrected chi connectivity index (χ2v) is 6.93. The number of halogens is 2. The minimum absolute atomic E-state index is 0.0285. The van der Waals surface area contributed by atoms with Gasteiger partial charge in [-0.05, 0) is 24.3 Å². The summed E-state index contributed by atoms with van der Waals surface area (Å²) < 4.78 is 5.26. The molecule has 1 aliphatic rings. The fraction of sp³-hybridized carbons (Fsp3) is 0.211. The molecular weight excluding hydrogens is 391 g/mol. The SMILES string of the molecule is CN(CC(=O)Nc1ccc(Cl)c(Cl)c1)C(=O)C[C@@H]1OC(=O)c2ccccc21. The molecule has 1 N–H and O–H groups in total. The van der Waals surface area contributed by atoms with Gasteiger partial charge in [-0.2, -0.15) is 0 Å². The van der Waals surface area contributed by atoms with E-state index in [1.807, 2.05) is 0 Å². The van der Waals surface area contributed by atoms with Gasteiger partial charge in [-0.3, -0.25) is 9.59 Å². The number of fused-ring (bicyclic) bond motifs is 1. The van der Waals surface area contributed by atoms with Crippen molar-refractivity contribution in [2.45, 2.75) is 12.5 Å². The van der Waals surface area contributed by atoms with Crippen LogP contribution < -0.4 is 5.32 Å². The fourth-order valence-electron chi connectivity index (χ4n) is 2.76. The third-order valence-corrected chi connectivity index (χ3v) is 4.89. The fourth-order valence-corrected chi connectivity index (χ4v) is 3.06. The van der Waals surface area contributed by atoms with Gasteiger partial charge in [0.2, 0.25) is 11.8 Å². The van der Waals surface area contributed by atoms with Crippen molar-refractivity contribution in [2.24, 2.45) is 0 Å². The topological polar surface area (TPSA) is 75.7 Å².